The molecule has 0 unspecified atom stereocenters. The first-order valence-electron chi connectivity index (χ1n) is 26.5. The summed E-state index contributed by atoms with van der Waals surface area (Å²) in [5.74, 6) is 12.1. The molecule has 8 heterocycles. The van der Waals surface area contributed by atoms with Gasteiger partial charge in [-0.05, 0) is 72.2 Å². The Morgan fingerprint density at radius 1 is 0.476 bits per heavy atom. The summed E-state index contributed by atoms with van der Waals surface area (Å²) < 4.78 is 47.2. The van der Waals surface area contributed by atoms with Crippen LogP contribution in [0.25, 0.3) is 0 Å². The number of likely N-dealkylation sites (N-methyl/N-ethyl adjacent to an activating group) is 2. The first-order chi connectivity index (χ1) is 39.7. The molecule has 0 amide bonds. The summed E-state index contributed by atoms with van der Waals surface area (Å²) >= 11 is 0. The van der Waals surface area contributed by atoms with E-state index < -0.39 is 0 Å². The van der Waals surface area contributed by atoms with E-state index in [0.29, 0.717) is 51.0 Å². The molecule has 0 radical (unpaired) electrons. The average molecular weight is 1130 g/mol. The van der Waals surface area contributed by atoms with E-state index in [9.17, 15) is 0 Å². The van der Waals surface area contributed by atoms with Gasteiger partial charge in [-0.2, -0.15) is 9.97 Å². The van der Waals surface area contributed by atoms with Crippen LogP contribution < -0.4 is 78.8 Å². The standard InChI is InChI=1S/2C14H19N5O2.2C13H17N5O2/c1-18(2)13-15-14(17-16-13)19(3)8-7-10-5-4-6-11-12(10)21-9-20-11;1-18(2)14-17-16-13(19(14)3)15-8-7-10-5-4-6-11-12(10)21-9-20-11;1-17(13-16-15-12(14)18(13)2)7-6-9-4-3-5-10-11(9)20-8-19-10;1-18(2)13-15-12(16-17-13)14-7-6-9-4-3-5-10-11(9)20-8-19-10/h4-6H,7-9H2,1-3H3,(H,15,16,17);4-6H,7-9H2,1-3H3,(H,15,16);3-5H,6-8H2,1-2H3,(H2,14,15);3-5H,6-8H2,1-2H3,(H2,14,15,16,17). The number of aromatic nitrogens is 12. The van der Waals surface area contributed by atoms with E-state index in [1.807, 2.05) is 160 Å². The summed E-state index contributed by atoms with van der Waals surface area (Å²) in [6, 6.07) is 23.8. The first kappa shape index (κ1) is 56.9. The lowest BCUT2D eigenvalue weighted by atomic mass is 10.1. The molecule has 8 aromatic rings. The van der Waals surface area contributed by atoms with Gasteiger partial charge in [0.1, 0.15) is 0 Å². The third-order valence-electron chi connectivity index (χ3n) is 13.3. The first-order valence-corrected chi connectivity index (χ1v) is 26.5. The maximum atomic E-state index is 5.69. The summed E-state index contributed by atoms with van der Waals surface area (Å²) in [5, 5.41) is 36.7. The lowest BCUT2D eigenvalue weighted by molar-refractivity contribution is 0.173. The number of benzene rings is 4. The number of ether oxygens (including phenoxy) is 8. The van der Waals surface area contributed by atoms with Crippen LogP contribution in [0.5, 0.6) is 46.0 Å². The molecule has 436 valence electrons. The Kier molecular flexibility index (Phi) is 18.4. The predicted molar refractivity (Wildman–Crippen MR) is 311 cm³/mol. The van der Waals surface area contributed by atoms with Crippen molar-refractivity contribution in [2.45, 2.75) is 25.7 Å². The van der Waals surface area contributed by atoms with E-state index in [1.54, 1.807) is 4.57 Å². The van der Waals surface area contributed by atoms with Crippen LogP contribution in [0.1, 0.15) is 22.3 Å². The lowest BCUT2D eigenvalue weighted by Crippen LogP contribution is -2.23. The van der Waals surface area contributed by atoms with Crippen molar-refractivity contribution in [2.24, 2.45) is 14.1 Å². The van der Waals surface area contributed by atoms with E-state index in [0.717, 1.165) is 144 Å². The number of nitrogens with two attached hydrogens (primary N) is 1. The largest absolute Gasteiger partial charge is 0.454 e. The van der Waals surface area contributed by atoms with Gasteiger partial charge in [0.25, 0.3) is 0 Å². The molecule has 82 heavy (non-hydrogen) atoms. The SMILES string of the molecule is CN(C)c1n[nH]c(N(C)CCc2cccc3c2OCO3)n1.CN(C)c1n[nH]c(NCCc2cccc3c2OCO3)n1.CN(C)c1nnc(NCCc2cccc3c2OCO3)n1C.CN(CCc1cccc2c1OCO2)c1nnc(N)n1C. The molecule has 0 spiro atoms. The Labute approximate surface area is 475 Å². The third kappa shape index (κ3) is 13.8. The van der Waals surface area contributed by atoms with Gasteiger partial charge in [-0.15, -0.1) is 30.6 Å². The van der Waals surface area contributed by atoms with Crippen molar-refractivity contribution in [3.05, 3.63) is 95.1 Å². The highest BCUT2D eigenvalue weighted by Gasteiger charge is 2.22. The maximum Gasteiger partial charge on any atom is 0.245 e. The predicted octanol–water partition coefficient (Wildman–Crippen LogP) is 4.60. The van der Waals surface area contributed by atoms with Crippen LogP contribution in [-0.4, -0.2) is 170 Å². The molecular formula is C54H72N20O8. The summed E-state index contributed by atoms with van der Waals surface area (Å²) in [5.41, 5.74) is 10.2. The number of hydrogen-bond acceptors (Lipinski definition) is 24. The number of nitrogens with one attached hydrogen (secondary N) is 4. The zero-order chi connectivity index (χ0) is 57.7. The highest BCUT2D eigenvalue weighted by atomic mass is 16.7. The highest BCUT2D eigenvalue weighted by Crippen LogP contribution is 2.38. The number of fused-ring (bicyclic) bond motifs is 4. The Morgan fingerprint density at radius 2 is 0.915 bits per heavy atom. The fraction of sp³-hybridized carbons (Fsp3) is 0.407. The lowest BCUT2D eigenvalue weighted by Gasteiger charge is -2.17. The quantitative estimate of drug-likeness (QED) is 0.0739. The third-order valence-corrected chi connectivity index (χ3v) is 13.3. The van der Waals surface area contributed by atoms with Gasteiger partial charge in [0.15, 0.2) is 46.0 Å². The number of anilines is 8. The van der Waals surface area contributed by atoms with Crippen molar-refractivity contribution in [1.29, 1.82) is 0 Å². The molecular weight excluding hydrogens is 1060 g/mol. The van der Waals surface area contributed by atoms with Crippen molar-refractivity contribution in [3.63, 3.8) is 0 Å². The van der Waals surface area contributed by atoms with Crippen molar-refractivity contribution >= 4 is 47.6 Å². The molecule has 4 aromatic heterocycles. The van der Waals surface area contributed by atoms with E-state index in [1.165, 1.54) is 0 Å². The molecule has 28 nitrogen and oxygen atoms in total. The van der Waals surface area contributed by atoms with Gasteiger partial charge in [-0.1, -0.05) is 48.5 Å². The van der Waals surface area contributed by atoms with Crippen LogP contribution in [0.4, 0.5) is 47.6 Å². The second kappa shape index (κ2) is 26.5. The minimum absolute atomic E-state index is 0.294. The normalized spacial score (nSPS) is 12.6. The average Bonchev–Trinajstić information content (AvgIpc) is 4.45. The number of H-pyrrole nitrogens is 2. The summed E-state index contributed by atoms with van der Waals surface area (Å²) in [6.07, 6.45) is 3.33. The van der Waals surface area contributed by atoms with E-state index in [2.05, 4.69) is 73.5 Å². The van der Waals surface area contributed by atoms with Crippen LogP contribution >= 0.6 is 0 Å². The van der Waals surface area contributed by atoms with Gasteiger partial charge in [0.2, 0.25) is 74.8 Å². The topological polar surface area (TPSA) is 285 Å². The minimum atomic E-state index is 0.294. The van der Waals surface area contributed by atoms with Gasteiger partial charge in [-0.25, -0.2) is 10.2 Å². The summed E-state index contributed by atoms with van der Waals surface area (Å²) in [6.45, 7) is 4.27. The fourth-order valence-corrected chi connectivity index (χ4v) is 8.83. The number of rotatable bonds is 19. The molecule has 0 fully saturated rings. The van der Waals surface area contributed by atoms with Crippen LogP contribution in [0.15, 0.2) is 72.8 Å². The molecule has 12 rings (SSSR count). The molecule has 4 aliphatic heterocycles. The number of nitrogens with zero attached hydrogens (tertiary/aromatic N) is 15. The molecule has 4 aromatic carbocycles. The van der Waals surface area contributed by atoms with Gasteiger partial charge in [0.05, 0.1) is 0 Å². The second-order valence-corrected chi connectivity index (χ2v) is 19.7. The van der Waals surface area contributed by atoms with Gasteiger partial charge in [0, 0.05) is 96.7 Å². The van der Waals surface area contributed by atoms with E-state index >= 15 is 0 Å². The second-order valence-electron chi connectivity index (χ2n) is 19.7. The van der Waals surface area contributed by atoms with Crippen molar-refractivity contribution in [3.8, 4) is 46.0 Å². The Balaban J connectivity index is 0.000000132. The van der Waals surface area contributed by atoms with Gasteiger partial charge < -0.3 is 78.8 Å². The van der Waals surface area contributed by atoms with Gasteiger partial charge in [-0.3, -0.25) is 9.13 Å². The van der Waals surface area contributed by atoms with Crippen LogP contribution in [0.3, 0.4) is 0 Å². The van der Waals surface area contributed by atoms with Crippen LogP contribution in [-0.2, 0) is 39.8 Å². The molecule has 0 aliphatic carbocycles. The molecule has 0 atom stereocenters. The Hall–Kier alpha value is -9.76. The molecule has 0 bridgehead atoms. The molecule has 0 saturated heterocycles. The van der Waals surface area contributed by atoms with E-state index in [4.69, 9.17) is 43.6 Å². The van der Waals surface area contributed by atoms with Crippen molar-refractivity contribution in [1.82, 2.24) is 59.9 Å². The van der Waals surface area contributed by atoms with Crippen molar-refractivity contribution < 1.29 is 37.9 Å². The highest BCUT2D eigenvalue weighted by molar-refractivity contribution is 5.52. The van der Waals surface area contributed by atoms with Crippen molar-refractivity contribution in [2.75, 3.05) is 151 Å². The number of hydrogen-bond donors (Lipinski definition) is 5. The Bertz CT molecular complexity index is 3360. The van der Waals surface area contributed by atoms with Crippen LogP contribution in [0, 0.1) is 0 Å². The zero-order valence-electron chi connectivity index (χ0n) is 48.0. The zero-order valence-corrected chi connectivity index (χ0v) is 48.0. The smallest absolute Gasteiger partial charge is 0.245 e. The number of nitrogen functional groups attached to an aromatic ring is 1. The Morgan fingerprint density at radius 3 is 1.34 bits per heavy atom. The molecule has 0 saturated carbocycles. The van der Waals surface area contributed by atoms with E-state index in [-0.39, 0.29) is 0 Å². The molecule has 4 aliphatic rings. The van der Waals surface area contributed by atoms with Crippen LogP contribution in [0.2, 0.25) is 0 Å². The van der Waals surface area contributed by atoms with Gasteiger partial charge >= 0.3 is 0 Å². The summed E-state index contributed by atoms with van der Waals surface area (Å²) in [4.78, 5) is 18.4. The number of para-hydroxylation sites is 4. The minimum Gasteiger partial charge on any atom is -0.454 e. The molecule has 28 heteroatoms. The number of aromatic amines is 2. The maximum absolute atomic E-state index is 5.69. The summed E-state index contributed by atoms with van der Waals surface area (Å²) in [7, 11) is 19.2. The fourth-order valence-electron chi connectivity index (χ4n) is 8.83. The monoisotopic (exact) mass is 1130 g/mol. The molecule has 6 N–H and O–H groups in total.